The summed E-state index contributed by atoms with van der Waals surface area (Å²) in [5, 5.41) is 12.8. The fourth-order valence-electron chi connectivity index (χ4n) is 2.63. The van der Waals surface area contributed by atoms with Gasteiger partial charge in [0.1, 0.15) is 12.1 Å². The van der Waals surface area contributed by atoms with Gasteiger partial charge in [0.15, 0.2) is 0 Å². The minimum Gasteiger partial charge on any atom is -0.391 e. The molecule has 6 heteroatoms. The van der Waals surface area contributed by atoms with E-state index in [1.165, 1.54) is 0 Å². The van der Waals surface area contributed by atoms with Crippen LogP contribution in [0.25, 0.3) is 5.82 Å². The third-order valence-corrected chi connectivity index (χ3v) is 3.82. The van der Waals surface area contributed by atoms with E-state index in [4.69, 9.17) is 0 Å². The number of rotatable bonds is 3. The standard InChI is InChI=1S/C15H18N4O2/c20-13-4-2-1-3-12(13)18-15(21)11-5-6-17-14(9-11)19-8-7-16-10-19/h5-10,12-13,20H,1-4H2,(H,18,21). The Morgan fingerprint density at radius 3 is 2.95 bits per heavy atom. The summed E-state index contributed by atoms with van der Waals surface area (Å²) in [4.78, 5) is 20.5. The summed E-state index contributed by atoms with van der Waals surface area (Å²) >= 11 is 0. The number of aliphatic hydroxyl groups excluding tert-OH is 1. The van der Waals surface area contributed by atoms with E-state index < -0.39 is 6.10 Å². The van der Waals surface area contributed by atoms with Crippen LogP contribution in [0.5, 0.6) is 0 Å². The molecule has 1 fully saturated rings. The molecule has 2 unspecified atom stereocenters. The Hall–Kier alpha value is -2.21. The molecule has 110 valence electrons. The largest absolute Gasteiger partial charge is 0.391 e. The molecule has 1 aliphatic rings. The SMILES string of the molecule is O=C(NC1CCCCC1O)c1ccnc(-n2ccnc2)c1. The molecule has 1 aliphatic carbocycles. The summed E-state index contributed by atoms with van der Waals surface area (Å²) in [6.45, 7) is 0. The Bertz CT molecular complexity index is 612. The number of aromatic nitrogens is 3. The van der Waals surface area contributed by atoms with Crippen LogP contribution in [0.3, 0.4) is 0 Å². The van der Waals surface area contributed by atoms with E-state index in [1.54, 1.807) is 41.6 Å². The molecule has 2 aromatic rings. The lowest BCUT2D eigenvalue weighted by Crippen LogP contribution is -2.45. The zero-order valence-corrected chi connectivity index (χ0v) is 11.6. The monoisotopic (exact) mass is 286 g/mol. The van der Waals surface area contributed by atoms with Crippen molar-refractivity contribution in [3.8, 4) is 5.82 Å². The molecule has 2 atom stereocenters. The van der Waals surface area contributed by atoms with Gasteiger partial charge in [-0.2, -0.15) is 0 Å². The molecule has 6 nitrogen and oxygen atoms in total. The van der Waals surface area contributed by atoms with Crippen molar-refractivity contribution in [3.63, 3.8) is 0 Å². The predicted octanol–water partition coefficient (Wildman–Crippen LogP) is 1.30. The van der Waals surface area contributed by atoms with Crippen LogP contribution < -0.4 is 5.32 Å². The number of carbonyl (C=O) groups excluding carboxylic acids is 1. The van der Waals surface area contributed by atoms with Crippen LogP contribution in [-0.4, -0.2) is 37.7 Å². The summed E-state index contributed by atoms with van der Waals surface area (Å²) in [6, 6.07) is 3.23. The van der Waals surface area contributed by atoms with Crippen molar-refractivity contribution in [3.05, 3.63) is 42.6 Å². The second-order valence-electron chi connectivity index (χ2n) is 5.30. The van der Waals surface area contributed by atoms with Crippen molar-refractivity contribution in [2.45, 2.75) is 37.8 Å². The number of carbonyl (C=O) groups is 1. The number of hydrogen-bond acceptors (Lipinski definition) is 4. The van der Waals surface area contributed by atoms with E-state index >= 15 is 0 Å². The lowest BCUT2D eigenvalue weighted by atomic mass is 9.92. The number of nitrogens with zero attached hydrogens (tertiary/aromatic N) is 3. The Kier molecular flexibility index (Phi) is 3.96. The first-order chi connectivity index (χ1) is 10.2. The van der Waals surface area contributed by atoms with Crippen molar-refractivity contribution in [1.82, 2.24) is 19.9 Å². The summed E-state index contributed by atoms with van der Waals surface area (Å²) in [7, 11) is 0. The van der Waals surface area contributed by atoms with Crippen molar-refractivity contribution >= 4 is 5.91 Å². The Morgan fingerprint density at radius 2 is 2.19 bits per heavy atom. The first-order valence-corrected chi connectivity index (χ1v) is 7.17. The van der Waals surface area contributed by atoms with Gasteiger partial charge in [0.25, 0.3) is 5.91 Å². The van der Waals surface area contributed by atoms with Gasteiger partial charge in [0.05, 0.1) is 12.1 Å². The van der Waals surface area contributed by atoms with E-state index in [9.17, 15) is 9.90 Å². The predicted molar refractivity (Wildman–Crippen MR) is 77.1 cm³/mol. The summed E-state index contributed by atoms with van der Waals surface area (Å²) in [6.07, 6.45) is 9.86. The summed E-state index contributed by atoms with van der Waals surface area (Å²) in [5.41, 5.74) is 0.534. The minimum absolute atomic E-state index is 0.156. The molecule has 0 bridgehead atoms. The number of amides is 1. The maximum Gasteiger partial charge on any atom is 0.251 e. The van der Waals surface area contributed by atoms with Gasteiger partial charge in [-0.1, -0.05) is 12.8 Å². The molecule has 2 N–H and O–H groups in total. The third-order valence-electron chi connectivity index (χ3n) is 3.82. The Balaban J connectivity index is 1.74. The quantitative estimate of drug-likeness (QED) is 0.891. The van der Waals surface area contributed by atoms with Crippen LogP contribution in [-0.2, 0) is 0 Å². The van der Waals surface area contributed by atoms with E-state index in [1.807, 2.05) is 0 Å². The molecule has 0 saturated heterocycles. The number of hydrogen-bond donors (Lipinski definition) is 2. The topological polar surface area (TPSA) is 80.0 Å². The van der Waals surface area contributed by atoms with Gasteiger partial charge in [-0.25, -0.2) is 9.97 Å². The van der Waals surface area contributed by atoms with E-state index in [0.29, 0.717) is 11.4 Å². The van der Waals surface area contributed by atoms with Gasteiger partial charge in [-0.05, 0) is 25.0 Å². The lowest BCUT2D eigenvalue weighted by Gasteiger charge is -2.28. The molecular formula is C15H18N4O2. The molecule has 21 heavy (non-hydrogen) atoms. The van der Waals surface area contributed by atoms with Crippen LogP contribution in [0.4, 0.5) is 0 Å². The van der Waals surface area contributed by atoms with Crippen LogP contribution >= 0.6 is 0 Å². The number of aliphatic hydroxyl groups is 1. The van der Waals surface area contributed by atoms with Crippen molar-refractivity contribution in [2.24, 2.45) is 0 Å². The molecule has 0 aromatic carbocycles. The van der Waals surface area contributed by atoms with Gasteiger partial charge in [-0.15, -0.1) is 0 Å². The fourth-order valence-corrected chi connectivity index (χ4v) is 2.63. The van der Waals surface area contributed by atoms with Crippen molar-refractivity contribution in [1.29, 1.82) is 0 Å². The summed E-state index contributed by atoms with van der Waals surface area (Å²) in [5.74, 6) is 0.467. The highest BCUT2D eigenvalue weighted by Gasteiger charge is 2.24. The molecule has 0 radical (unpaired) electrons. The first-order valence-electron chi connectivity index (χ1n) is 7.17. The molecule has 2 heterocycles. The van der Waals surface area contributed by atoms with Gasteiger partial charge >= 0.3 is 0 Å². The maximum absolute atomic E-state index is 12.3. The lowest BCUT2D eigenvalue weighted by molar-refractivity contribution is 0.0717. The summed E-state index contributed by atoms with van der Waals surface area (Å²) < 4.78 is 1.74. The zero-order valence-electron chi connectivity index (χ0n) is 11.6. The molecule has 3 rings (SSSR count). The smallest absolute Gasteiger partial charge is 0.251 e. The molecular weight excluding hydrogens is 268 g/mol. The normalized spacial score (nSPS) is 22.0. The van der Waals surface area contributed by atoms with E-state index in [2.05, 4.69) is 15.3 Å². The van der Waals surface area contributed by atoms with E-state index in [0.717, 1.165) is 25.7 Å². The zero-order chi connectivity index (χ0) is 14.7. The van der Waals surface area contributed by atoms with Crippen LogP contribution in [0.15, 0.2) is 37.1 Å². The molecule has 0 spiro atoms. The Morgan fingerprint density at radius 1 is 1.33 bits per heavy atom. The number of pyridine rings is 1. The third kappa shape index (κ3) is 3.11. The highest BCUT2D eigenvalue weighted by Crippen LogP contribution is 2.19. The van der Waals surface area contributed by atoms with Crippen molar-refractivity contribution in [2.75, 3.05) is 0 Å². The van der Waals surface area contributed by atoms with Crippen LogP contribution in [0.1, 0.15) is 36.0 Å². The molecule has 1 amide bonds. The maximum atomic E-state index is 12.3. The first kappa shape index (κ1) is 13.8. The minimum atomic E-state index is -0.447. The average molecular weight is 286 g/mol. The fraction of sp³-hybridized carbons (Fsp3) is 0.400. The second kappa shape index (κ2) is 6.05. The van der Waals surface area contributed by atoms with Crippen LogP contribution in [0, 0.1) is 0 Å². The van der Waals surface area contributed by atoms with Gasteiger partial charge in [0, 0.05) is 24.2 Å². The highest BCUT2D eigenvalue weighted by molar-refractivity contribution is 5.94. The van der Waals surface area contributed by atoms with Crippen LogP contribution in [0.2, 0.25) is 0 Å². The van der Waals surface area contributed by atoms with Crippen molar-refractivity contribution < 1.29 is 9.90 Å². The number of imidazole rings is 1. The Labute approximate surface area is 122 Å². The molecule has 1 saturated carbocycles. The molecule has 0 aliphatic heterocycles. The highest BCUT2D eigenvalue weighted by atomic mass is 16.3. The average Bonchev–Trinajstić information content (AvgIpc) is 3.04. The van der Waals surface area contributed by atoms with Gasteiger partial charge < -0.3 is 10.4 Å². The molecule has 2 aromatic heterocycles. The number of nitrogens with one attached hydrogen (secondary N) is 1. The van der Waals surface area contributed by atoms with E-state index in [-0.39, 0.29) is 11.9 Å². The van der Waals surface area contributed by atoms with Gasteiger partial charge in [0.2, 0.25) is 0 Å². The van der Waals surface area contributed by atoms with Gasteiger partial charge in [-0.3, -0.25) is 9.36 Å². The second-order valence-corrected chi connectivity index (χ2v) is 5.30.